The molecule has 164 valence electrons. The molecule has 0 saturated carbocycles. The number of benzene rings is 1. The Morgan fingerprint density at radius 3 is 2.76 bits per heavy atom. The molecule has 1 aromatic carbocycles. The molecule has 6 nitrogen and oxygen atoms in total. The average molecular weight is 439 g/mol. The second-order valence-electron chi connectivity index (χ2n) is 8.48. The maximum Gasteiger partial charge on any atom is 0.272 e. The van der Waals surface area contributed by atoms with Gasteiger partial charge in [-0.05, 0) is 73.7 Å². The van der Waals surface area contributed by atoms with Gasteiger partial charge in [0.25, 0.3) is 5.91 Å². The van der Waals surface area contributed by atoms with Crippen LogP contribution in [0.25, 0.3) is 16.6 Å². The Kier molecular flexibility index (Phi) is 4.68. The number of imidazole rings is 1. The van der Waals surface area contributed by atoms with E-state index in [4.69, 9.17) is 4.98 Å². The number of nitrogens with zero attached hydrogens (tertiary/aromatic N) is 4. The van der Waals surface area contributed by atoms with Crippen LogP contribution in [0.15, 0.2) is 67.1 Å². The fourth-order valence-electron chi connectivity index (χ4n) is 4.74. The first-order valence-electron chi connectivity index (χ1n) is 11.1. The number of carbonyl (C=O) groups excluding carboxylic acids is 1. The van der Waals surface area contributed by atoms with E-state index in [0.29, 0.717) is 23.3 Å². The minimum Gasteiger partial charge on any atom is -0.332 e. The lowest BCUT2D eigenvalue weighted by Crippen LogP contribution is -2.17. The highest BCUT2D eigenvalue weighted by Crippen LogP contribution is 2.26. The van der Waals surface area contributed by atoms with Gasteiger partial charge in [0, 0.05) is 53.5 Å². The van der Waals surface area contributed by atoms with Gasteiger partial charge in [-0.15, -0.1) is 0 Å². The molecule has 33 heavy (non-hydrogen) atoms. The summed E-state index contributed by atoms with van der Waals surface area (Å²) in [6.07, 6.45) is 9.81. The Balaban J connectivity index is 1.36. The molecule has 1 aliphatic carbocycles. The summed E-state index contributed by atoms with van der Waals surface area (Å²) in [6, 6.07) is 13.9. The van der Waals surface area contributed by atoms with Gasteiger partial charge < -0.3 is 14.3 Å². The summed E-state index contributed by atoms with van der Waals surface area (Å²) in [4.78, 5) is 22.2. The summed E-state index contributed by atoms with van der Waals surface area (Å²) in [5.74, 6) is -0.578. The van der Waals surface area contributed by atoms with E-state index in [1.54, 1.807) is 24.5 Å². The number of rotatable bonds is 4. The average Bonchev–Trinajstić information content (AvgIpc) is 3.37. The highest BCUT2D eigenvalue weighted by molar-refractivity contribution is 6.06. The molecule has 5 aromatic rings. The van der Waals surface area contributed by atoms with Crippen LogP contribution < -0.4 is 5.32 Å². The molecule has 4 heterocycles. The van der Waals surface area contributed by atoms with Crippen LogP contribution in [0.5, 0.6) is 0 Å². The molecule has 0 atom stereocenters. The molecule has 1 N–H and O–H groups in total. The van der Waals surface area contributed by atoms with Gasteiger partial charge in [-0.2, -0.15) is 0 Å². The molecule has 1 amide bonds. The highest BCUT2D eigenvalue weighted by Gasteiger charge is 2.19. The molecule has 6 rings (SSSR count). The number of hydrogen-bond donors (Lipinski definition) is 1. The first-order valence-corrected chi connectivity index (χ1v) is 11.1. The lowest BCUT2D eigenvalue weighted by Gasteiger charge is -2.12. The van der Waals surface area contributed by atoms with Crippen LogP contribution in [-0.2, 0) is 19.4 Å². The molecule has 0 radical (unpaired) electrons. The number of amides is 1. The summed E-state index contributed by atoms with van der Waals surface area (Å²) in [5.41, 5.74) is 6.23. The van der Waals surface area contributed by atoms with Gasteiger partial charge in [0.05, 0.1) is 5.69 Å². The lowest BCUT2D eigenvalue weighted by molar-refractivity contribution is 0.101. The SMILES string of the molecule is O=C(Nc1ccn2c3c(nc2c1)CCCC3)c1cc2cc(F)ccc2n1Cc1ccncc1. The van der Waals surface area contributed by atoms with Crippen molar-refractivity contribution in [2.75, 3.05) is 5.32 Å². The number of nitrogens with one attached hydrogen (secondary N) is 1. The number of aromatic nitrogens is 4. The van der Waals surface area contributed by atoms with E-state index in [1.807, 2.05) is 35.0 Å². The van der Waals surface area contributed by atoms with Crippen LogP contribution in [0, 0.1) is 5.82 Å². The second-order valence-corrected chi connectivity index (χ2v) is 8.48. The summed E-state index contributed by atoms with van der Waals surface area (Å²) < 4.78 is 17.9. The quantitative estimate of drug-likeness (QED) is 0.429. The van der Waals surface area contributed by atoms with E-state index < -0.39 is 0 Å². The van der Waals surface area contributed by atoms with Crippen molar-refractivity contribution in [2.24, 2.45) is 0 Å². The third-order valence-electron chi connectivity index (χ3n) is 6.33. The van der Waals surface area contributed by atoms with Crippen LogP contribution in [0.4, 0.5) is 10.1 Å². The first kappa shape index (κ1) is 19.7. The van der Waals surface area contributed by atoms with Crippen molar-refractivity contribution in [3.63, 3.8) is 0 Å². The number of hydrogen-bond acceptors (Lipinski definition) is 3. The van der Waals surface area contributed by atoms with E-state index in [1.165, 1.54) is 30.7 Å². The Labute approximate surface area is 189 Å². The Morgan fingerprint density at radius 1 is 1.03 bits per heavy atom. The maximum atomic E-state index is 13.9. The van der Waals surface area contributed by atoms with Crippen molar-refractivity contribution in [1.82, 2.24) is 18.9 Å². The molecule has 7 heteroatoms. The monoisotopic (exact) mass is 439 g/mol. The van der Waals surface area contributed by atoms with Crippen molar-refractivity contribution in [2.45, 2.75) is 32.2 Å². The highest BCUT2D eigenvalue weighted by atomic mass is 19.1. The van der Waals surface area contributed by atoms with Crippen LogP contribution in [-0.4, -0.2) is 24.8 Å². The largest absolute Gasteiger partial charge is 0.332 e. The van der Waals surface area contributed by atoms with Gasteiger partial charge in [-0.25, -0.2) is 9.37 Å². The van der Waals surface area contributed by atoms with Crippen molar-refractivity contribution >= 4 is 28.1 Å². The number of halogens is 1. The Morgan fingerprint density at radius 2 is 1.88 bits per heavy atom. The fraction of sp³-hybridized carbons (Fsp3) is 0.192. The molecule has 0 unspecified atom stereocenters. The zero-order valence-corrected chi connectivity index (χ0v) is 18.0. The topological polar surface area (TPSA) is 64.2 Å². The number of aryl methyl sites for hydroxylation is 2. The van der Waals surface area contributed by atoms with E-state index in [9.17, 15) is 9.18 Å². The molecule has 0 bridgehead atoms. The van der Waals surface area contributed by atoms with Crippen LogP contribution in [0.1, 0.15) is 40.3 Å². The molecule has 0 spiro atoms. The zero-order chi connectivity index (χ0) is 22.4. The van der Waals surface area contributed by atoms with Gasteiger partial charge in [0.15, 0.2) is 0 Å². The molecule has 0 aliphatic heterocycles. The molecular formula is C26H22FN5O. The lowest BCUT2D eigenvalue weighted by atomic mass is 10.0. The minimum absolute atomic E-state index is 0.249. The van der Waals surface area contributed by atoms with Crippen molar-refractivity contribution in [1.29, 1.82) is 0 Å². The Hall–Kier alpha value is -4.00. The van der Waals surface area contributed by atoms with E-state index in [2.05, 4.69) is 14.7 Å². The third kappa shape index (κ3) is 3.55. The predicted molar refractivity (Wildman–Crippen MR) is 125 cm³/mol. The second kappa shape index (κ2) is 7.85. The fourth-order valence-corrected chi connectivity index (χ4v) is 4.74. The van der Waals surface area contributed by atoms with Crippen molar-refractivity contribution in [3.05, 3.63) is 95.6 Å². The van der Waals surface area contributed by atoms with Crippen molar-refractivity contribution in [3.8, 4) is 0 Å². The number of anilines is 1. The van der Waals surface area contributed by atoms with Crippen molar-refractivity contribution < 1.29 is 9.18 Å². The van der Waals surface area contributed by atoms with Gasteiger partial charge in [-0.3, -0.25) is 9.78 Å². The van der Waals surface area contributed by atoms with Crippen LogP contribution in [0.2, 0.25) is 0 Å². The van der Waals surface area contributed by atoms with Crippen LogP contribution in [0.3, 0.4) is 0 Å². The number of fused-ring (bicyclic) bond motifs is 4. The summed E-state index contributed by atoms with van der Waals surface area (Å²) in [5, 5.41) is 3.70. The van der Waals surface area contributed by atoms with Crippen LogP contribution >= 0.6 is 0 Å². The Bertz CT molecular complexity index is 1500. The van der Waals surface area contributed by atoms with Gasteiger partial charge in [0.2, 0.25) is 0 Å². The van der Waals surface area contributed by atoms with Gasteiger partial charge in [0.1, 0.15) is 17.2 Å². The smallest absolute Gasteiger partial charge is 0.272 e. The summed E-state index contributed by atoms with van der Waals surface area (Å²) >= 11 is 0. The van der Waals surface area contributed by atoms with E-state index in [-0.39, 0.29) is 11.7 Å². The van der Waals surface area contributed by atoms with E-state index >= 15 is 0 Å². The first-order chi connectivity index (χ1) is 16.2. The molecular weight excluding hydrogens is 417 g/mol. The third-order valence-corrected chi connectivity index (χ3v) is 6.33. The minimum atomic E-state index is -0.329. The van der Waals surface area contributed by atoms with Gasteiger partial charge in [-0.1, -0.05) is 0 Å². The molecule has 0 fully saturated rings. The van der Waals surface area contributed by atoms with E-state index in [0.717, 1.165) is 35.3 Å². The summed E-state index contributed by atoms with van der Waals surface area (Å²) in [7, 11) is 0. The standard InChI is InChI=1S/C26H22FN5O/c27-19-5-6-22-18(13-19)14-24(32(22)16-17-7-10-28-11-8-17)26(33)29-20-9-12-31-23-4-2-1-3-21(23)30-25(31)15-20/h5-15H,1-4,16H2,(H,29,33). The van der Waals surface area contributed by atoms with Gasteiger partial charge >= 0.3 is 0 Å². The number of carbonyl (C=O) groups is 1. The zero-order valence-electron chi connectivity index (χ0n) is 18.0. The summed E-state index contributed by atoms with van der Waals surface area (Å²) in [6.45, 7) is 0.479. The normalized spacial score (nSPS) is 13.4. The number of pyridine rings is 2. The molecule has 4 aromatic heterocycles. The molecule has 1 aliphatic rings. The predicted octanol–water partition coefficient (Wildman–Crippen LogP) is 5.00. The maximum absolute atomic E-state index is 13.9. The molecule has 0 saturated heterocycles.